The number of hydrogen-bond acceptors (Lipinski definition) is 0. The second-order valence-electron chi connectivity index (χ2n) is 16.2. The molecule has 0 aliphatic rings. The van der Waals surface area contributed by atoms with Crippen LogP contribution in [-0.4, -0.2) is 0 Å². The molecule has 4 aromatic heterocycles. The molecule has 0 spiro atoms. The minimum Gasteiger partial charge on any atom is 0 e. The van der Waals surface area contributed by atoms with Crippen molar-refractivity contribution in [2.75, 3.05) is 0 Å². The van der Waals surface area contributed by atoms with Gasteiger partial charge in [0.2, 0.25) is 0 Å². The van der Waals surface area contributed by atoms with Gasteiger partial charge in [-0.3, -0.25) is 0 Å². The molecule has 0 aliphatic carbocycles. The number of hydrogen-bond donors (Lipinski definition) is 0. The van der Waals surface area contributed by atoms with Crippen molar-refractivity contribution in [3.8, 4) is 44.5 Å². The Morgan fingerprint density at radius 1 is 0.129 bits per heavy atom. The monoisotopic (exact) mass is 2070 g/mol. The maximum absolute atomic E-state index is 7.50. The molecule has 0 atom stereocenters. The first-order chi connectivity index (χ1) is 56.8. The quantitative estimate of drug-likeness (QED) is 0.0901. The van der Waals surface area contributed by atoms with Crippen molar-refractivity contribution >= 4 is 32.8 Å². The fourth-order valence-electron chi connectivity index (χ4n) is 7.16. The summed E-state index contributed by atoms with van der Waals surface area (Å²) >= 11 is 0. The van der Waals surface area contributed by atoms with Crippen LogP contribution in [0.2, 0.25) is 0 Å². The molecule has 5 aromatic carbocycles. The molecule has 124 heavy (non-hydrogen) atoms. The first-order valence-electron chi connectivity index (χ1n) is 27.2. The van der Waals surface area contributed by atoms with E-state index in [0.717, 1.165) is 0 Å². The maximum atomic E-state index is 7.50. The van der Waals surface area contributed by atoms with Crippen LogP contribution < -0.4 is 0 Å². The molecule has 8 radical (unpaired) electrons. The van der Waals surface area contributed by atoms with Gasteiger partial charge in [0.25, 0.3) is 0 Å². The third kappa shape index (κ3) is 152. The zero-order valence-corrected chi connectivity index (χ0v) is 78.9. The normalized spacial score (nSPS) is 5.60. The van der Waals surface area contributed by atoms with Crippen LogP contribution in [0.1, 0.15) is 53.5 Å². The first kappa shape index (κ1) is 207. The molecule has 0 amide bonds. The predicted molar refractivity (Wildman–Crippen MR) is 394 cm³/mol. The van der Waals surface area contributed by atoms with E-state index in [1.54, 1.807) is 0 Å². The number of aryl methyl sites for hydroxylation is 10. The molecule has 638 valence electrons. The van der Waals surface area contributed by atoms with E-state index in [9.17, 15) is 0 Å². The van der Waals surface area contributed by atoms with Crippen LogP contribution in [0.25, 0.3) is 44.5 Å². The van der Waals surface area contributed by atoms with Crippen LogP contribution in [0.15, 0.2) is 194 Å². The average Bonchev–Trinajstić information content (AvgIpc) is 0.877. The Kier molecular flexibility index (Phi) is 372. The van der Waals surface area contributed by atoms with Gasteiger partial charge in [0.15, 0.2) is 0 Å². The predicted octanol–water partition coefficient (Wildman–Crippen LogP) is 19.5. The van der Waals surface area contributed by atoms with E-state index in [1.165, 1.54) is 131 Å². The van der Waals surface area contributed by atoms with Crippen LogP contribution in [0.5, 0.6) is 0 Å². The summed E-state index contributed by atoms with van der Waals surface area (Å²) in [4.78, 5) is 0. The van der Waals surface area contributed by atoms with Crippen LogP contribution in [0, 0.1) is 242 Å². The van der Waals surface area contributed by atoms with Crippen molar-refractivity contribution < 1.29 is 258 Å². The fourth-order valence-corrected chi connectivity index (χ4v) is 11.0. The average molecular weight is 2070 g/mol. The van der Waals surface area contributed by atoms with E-state index in [-0.39, 0.29) is 137 Å². The molecule has 9 aromatic rings. The van der Waals surface area contributed by atoms with Crippen molar-refractivity contribution in [1.29, 1.82) is 0 Å². The van der Waals surface area contributed by atoms with Crippen molar-refractivity contribution in [2.45, 2.75) is 69.2 Å². The van der Waals surface area contributed by atoms with Crippen LogP contribution in [0.4, 0.5) is 0 Å². The first-order valence-corrected chi connectivity index (χ1v) is 30.8. The van der Waals surface area contributed by atoms with Gasteiger partial charge in [-0.15, -0.1) is 0 Å². The Bertz CT molecular complexity index is 3430. The van der Waals surface area contributed by atoms with E-state index in [0.29, 0.717) is 0 Å². The molecule has 0 saturated heterocycles. The van der Waals surface area contributed by atoms with Gasteiger partial charge in [-0.1, -0.05) is 189 Å². The summed E-state index contributed by atoms with van der Waals surface area (Å²) in [6.07, 6.45) is 0. The summed E-state index contributed by atoms with van der Waals surface area (Å²) in [5, 5.41) is 11.4. The third-order valence-corrected chi connectivity index (χ3v) is 13.8. The smallest absolute Gasteiger partial charge is 0 e. The minimum atomic E-state index is 0. The van der Waals surface area contributed by atoms with Gasteiger partial charge in [-0.2, -0.15) is 0 Å². The second kappa shape index (κ2) is 222. The molecule has 38 heteroatoms. The molecule has 0 N–H and O–H groups in total. The van der Waals surface area contributed by atoms with Gasteiger partial charge in [-0.05, 0) is 205 Å². The Morgan fingerprint density at radius 3 is 0.290 bits per heavy atom. The van der Waals surface area contributed by atoms with Crippen LogP contribution in [-0.2, 0) is 258 Å². The Labute approximate surface area is 817 Å². The van der Waals surface area contributed by atoms with Crippen molar-refractivity contribution in [3.05, 3.63) is 421 Å². The second-order valence-corrected chi connectivity index (χ2v) is 22.7. The van der Waals surface area contributed by atoms with E-state index < -0.39 is 0 Å². The van der Waals surface area contributed by atoms with Crippen LogP contribution in [0.3, 0.4) is 0 Å². The third-order valence-electron chi connectivity index (χ3n) is 9.97. The fraction of sp³-hybridized carbons (Fsp3) is 0.116. The molecule has 0 unspecified atom stereocenters. The Hall–Kier alpha value is -7.90. The van der Waals surface area contributed by atoms with Crippen molar-refractivity contribution in [1.82, 2.24) is 0 Å². The van der Waals surface area contributed by atoms with E-state index >= 15 is 0 Å². The molecule has 4 heterocycles. The number of benzene rings is 5. The van der Waals surface area contributed by atoms with Gasteiger partial charge in [0.05, 0.1) is 0 Å². The molecule has 9 rings (SSSR count). The van der Waals surface area contributed by atoms with Gasteiger partial charge >= 0.3 is 294 Å². The zero-order chi connectivity index (χ0) is 97.8. The summed E-state index contributed by atoms with van der Waals surface area (Å²) in [6, 6.07) is 68.8. The molecule has 26 nitrogen and oxygen atoms in total. The van der Waals surface area contributed by atoms with Crippen LogP contribution >= 0.6 is 32.8 Å². The van der Waals surface area contributed by atoms with Crippen molar-refractivity contribution in [3.63, 3.8) is 0 Å². The van der Waals surface area contributed by atoms with Crippen molar-refractivity contribution in [2.24, 2.45) is 0 Å². The van der Waals surface area contributed by atoms with Gasteiger partial charge in [0.1, 0.15) is 0 Å². The molecule has 0 aliphatic heterocycles. The molecule has 0 fully saturated rings. The summed E-state index contributed by atoms with van der Waals surface area (Å²) in [5.74, 6) is 0. The largest absolute Gasteiger partial charge is 0 e. The Morgan fingerprint density at radius 2 is 0.210 bits per heavy atom. The van der Waals surface area contributed by atoms with E-state index in [1.807, 2.05) is 0 Å². The summed E-state index contributed by atoms with van der Waals surface area (Å²) in [5.41, 5.74) is 13.2. The van der Waals surface area contributed by atoms with Gasteiger partial charge in [-0.25, -0.2) is 0 Å². The number of rotatable bonds is 4. The molecular formula is C86H62Mn8O26P4. The van der Waals surface area contributed by atoms with E-state index in [4.69, 9.17) is 121 Å². The molecule has 0 saturated carbocycles. The Balaban J connectivity index is -0.0000000278. The summed E-state index contributed by atoms with van der Waals surface area (Å²) < 4.78 is 195. The summed E-state index contributed by atoms with van der Waals surface area (Å²) in [6.45, 7) is 139. The maximum Gasteiger partial charge on any atom is 0 e. The SMILES string of the molecule is Cc1cc(-c2ccccc2)cc(C)p1.Cc1cc(-c2ccccc2)cc(C)p1.Cc1cc(-c2ccccc2)cc(C)p1.Cc1cc(-c2ccccc2)cc(C)p1.Cc1ccc(C)cc1.[C-]#[O+].[C-]#[O+].[C-]#[O+].[C-]#[O+].[C-]#[O+].[C-]#[O+].[C-]#[O+].[C-]#[O+].[C-]#[O+].[C-]#[O+].[C-]#[O+].[C-]#[O+].[C-]#[O+].[C-]#[O+].[C-]#[O+].[C-]#[O+].[C-]#[O+].[C-]#[O+].[C-]#[O+].[C-]#[O+].[C-]#[O+].[C-]#[O+].[C-]#[O+].[C-]#[O+].[C-]#[O+].[C-]#[O+].[Mn].[Mn].[Mn].[Mn].[Mn].[Mn].[Mn].[Mn]. The topological polar surface area (TPSA) is 517 Å². The molecular weight excluding hydrogens is 2010 g/mol. The summed E-state index contributed by atoms with van der Waals surface area (Å²) in [7, 11) is 5.44. The van der Waals surface area contributed by atoms with Gasteiger partial charge < -0.3 is 0 Å². The molecule has 0 bridgehead atoms. The van der Waals surface area contributed by atoms with E-state index in [2.05, 4.69) is 436 Å². The van der Waals surface area contributed by atoms with Gasteiger partial charge in [0, 0.05) is 137 Å². The minimum absolute atomic E-state index is 0. The zero-order valence-electron chi connectivity index (χ0n) is 65.9. The standard InChI is InChI=1S/4C13H13P.C8H10.26CO.8Mn/c4*1-10-8-13(9-11(2)14-10)12-6-4-3-5-7-12;1-7-3-5-8(2)6-4-7;26*1-2;;;;;;;;/h4*3-9H,1-2H3;3-6H,1-2H3;;;;;;;;;;;;;;;;;;;;;;;;;;;;;;;;;;.